The van der Waals surface area contributed by atoms with Gasteiger partial charge in [0.2, 0.25) is 0 Å². The Kier molecular flexibility index (Phi) is 3.39. The van der Waals surface area contributed by atoms with Gasteiger partial charge in [-0.25, -0.2) is 0 Å². The lowest BCUT2D eigenvalue weighted by molar-refractivity contribution is -0.122. The lowest BCUT2D eigenvalue weighted by atomic mass is 9.83. The molecule has 1 atom stereocenters. The summed E-state index contributed by atoms with van der Waals surface area (Å²) < 4.78 is 0. The Balaban J connectivity index is 2.17. The second kappa shape index (κ2) is 4.79. The fourth-order valence-corrected chi connectivity index (χ4v) is 2.20. The zero-order valence-corrected chi connectivity index (χ0v) is 9.67. The van der Waals surface area contributed by atoms with Crippen LogP contribution in [0.3, 0.4) is 0 Å². The van der Waals surface area contributed by atoms with E-state index in [4.69, 9.17) is 11.6 Å². The van der Waals surface area contributed by atoms with E-state index in [2.05, 4.69) is 0 Å². The van der Waals surface area contributed by atoms with Crippen molar-refractivity contribution in [1.82, 2.24) is 0 Å². The summed E-state index contributed by atoms with van der Waals surface area (Å²) in [6, 6.07) is 6.74. The maximum atomic E-state index is 12.1. The van der Waals surface area contributed by atoms with Crippen molar-refractivity contribution in [2.75, 3.05) is 0 Å². The highest BCUT2D eigenvalue weighted by molar-refractivity contribution is 6.30. The second-order valence-corrected chi connectivity index (χ2v) is 4.57. The number of Topliss-reactive ketones (excluding diaryl/α,β-unsaturated/α-hetero) is 2. The lowest BCUT2D eigenvalue weighted by Crippen LogP contribution is -2.27. The lowest BCUT2D eigenvalue weighted by Gasteiger charge is -2.19. The van der Waals surface area contributed by atoms with Crippen molar-refractivity contribution < 1.29 is 9.59 Å². The highest BCUT2D eigenvalue weighted by Crippen LogP contribution is 2.24. The average Bonchev–Trinajstić information content (AvgIpc) is 2.30. The van der Waals surface area contributed by atoms with Crippen LogP contribution in [0.4, 0.5) is 0 Å². The summed E-state index contributed by atoms with van der Waals surface area (Å²) in [7, 11) is 0. The molecule has 0 spiro atoms. The zero-order valence-electron chi connectivity index (χ0n) is 8.91. The summed E-state index contributed by atoms with van der Waals surface area (Å²) in [5, 5.41) is 0.603. The van der Waals surface area contributed by atoms with E-state index in [1.54, 1.807) is 24.3 Å². The summed E-state index contributed by atoms with van der Waals surface area (Å²) in [6.07, 6.45) is 3.13. The SMILES string of the molecule is O=C1CCCC[C@H]1C(=O)c1ccc(Cl)cc1. The summed E-state index contributed by atoms with van der Waals surface area (Å²) in [5.74, 6) is -0.387. The van der Waals surface area contributed by atoms with E-state index in [0.717, 1.165) is 12.8 Å². The van der Waals surface area contributed by atoms with E-state index in [1.807, 2.05) is 0 Å². The predicted molar refractivity (Wildman–Crippen MR) is 62.7 cm³/mol. The molecule has 16 heavy (non-hydrogen) atoms. The molecule has 0 saturated heterocycles. The van der Waals surface area contributed by atoms with Gasteiger partial charge in [0.25, 0.3) is 0 Å². The van der Waals surface area contributed by atoms with Crippen LogP contribution in [-0.4, -0.2) is 11.6 Å². The second-order valence-electron chi connectivity index (χ2n) is 4.14. The standard InChI is InChI=1S/C13H13ClO2/c14-10-7-5-9(6-8-10)13(16)11-3-1-2-4-12(11)15/h5-8,11H,1-4H2/t11-/m1/s1. The topological polar surface area (TPSA) is 34.1 Å². The molecule has 3 heteroatoms. The number of rotatable bonds is 2. The van der Waals surface area contributed by atoms with Crippen LogP contribution in [0.1, 0.15) is 36.0 Å². The van der Waals surface area contributed by atoms with Crippen LogP contribution in [0.15, 0.2) is 24.3 Å². The van der Waals surface area contributed by atoms with E-state index in [1.165, 1.54) is 0 Å². The van der Waals surface area contributed by atoms with Crippen LogP contribution in [-0.2, 0) is 4.79 Å². The molecule has 84 valence electrons. The summed E-state index contributed by atoms with van der Waals surface area (Å²) in [5.41, 5.74) is 0.588. The van der Waals surface area contributed by atoms with Crippen molar-refractivity contribution in [3.05, 3.63) is 34.9 Å². The zero-order chi connectivity index (χ0) is 11.5. The number of halogens is 1. The molecule has 0 N–H and O–H groups in total. The Hall–Kier alpha value is -1.15. The third-order valence-corrected chi connectivity index (χ3v) is 3.25. The van der Waals surface area contributed by atoms with Gasteiger partial charge in [-0.3, -0.25) is 9.59 Å². The molecule has 2 nitrogen and oxygen atoms in total. The summed E-state index contributed by atoms with van der Waals surface area (Å²) in [6.45, 7) is 0. The van der Waals surface area contributed by atoms with Gasteiger partial charge in [-0.05, 0) is 37.1 Å². The first-order valence-corrected chi connectivity index (χ1v) is 5.89. The Morgan fingerprint density at radius 2 is 1.88 bits per heavy atom. The molecule has 1 aliphatic rings. The molecule has 2 rings (SSSR count). The van der Waals surface area contributed by atoms with Crippen molar-refractivity contribution in [2.24, 2.45) is 5.92 Å². The average molecular weight is 237 g/mol. The van der Waals surface area contributed by atoms with Crippen LogP contribution in [0.25, 0.3) is 0 Å². The number of hydrogen-bond donors (Lipinski definition) is 0. The minimum absolute atomic E-state index is 0.0543. The Morgan fingerprint density at radius 3 is 2.50 bits per heavy atom. The molecule has 0 amide bonds. The molecule has 1 saturated carbocycles. The molecule has 1 aromatic rings. The molecule has 1 fully saturated rings. The monoisotopic (exact) mass is 236 g/mol. The third-order valence-electron chi connectivity index (χ3n) is 3.00. The quantitative estimate of drug-likeness (QED) is 0.583. The molecule has 1 aliphatic carbocycles. The molecular formula is C13H13ClO2. The normalized spacial score (nSPS) is 20.8. The van der Waals surface area contributed by atoms with Crippen LogP contribution >= 0.6 is 11.6 Å². The van der Waals surface area contributed by atoms with Crippen LogP contribution < -0.4 is 0 Å². The first-order chi connectivity index (χ1) is 7.68. The van der Waals surface area contributed by atoms with Gasteiger partial charge in [-0.2, -0.15) is 0 Å². The maximum absolute atomic E-state index is 12.1. The fourth-order valence-electron chi connectivity index (χ4n) is 2.08. The van der Waals surface area contributed by atoms with E-state index in [0.29, 0.717) is 23.4 Å². The Labute approximate surface area is 99.6 Å². The van der Waals surface area contributed by atoms with Gasteiger partial charge in [-0.1, -0.05) is 18.0 Å². The minimum atomic E-state index is -0.421. The predicted octanol–water partition coefficient (Wildman–Crippen LogP) is 3.28. The number of carbonyl (C=O) groups is 2. The van der Waals surface area contributed by atoms with Gasteiger partial charge in [0, 0.05) is 17.0 Å². The Bertz CT molecular complexity index is 408. The van der Waals surface area contributed by atoms with Gasteiger partial charge >= 0.3 is 0 Å². The van der Waals surface area contributed by atoms with Gasteiger partial charge in [0.05, 0.1) is 5.92 Å². The molecule has 1 aromatic carbocycles. The van der Waals surface area contributed by atoms with Gasteiger partial charge in [0.1, 0.15) is 5.78 Å². The highest BCUT2D eigenvalue weighted by Gasteiger charge is 2.29. The molecule has 0 unspecified atom stereocenters. The molecular weight excluding hydrogens is 224 g/mol. The number of ketones is 2. The minimum Gasteiger partial charge on any atom is -0.299 e. The number of benzene rings is 1. The fraction of sp³-hybridized carbons (Fsp3) is 0.385. The molecule has 0 bridgehead atoms. The van der Waals surface area contributed by atoms with Gasteiger partial charge < -0.3 is 0 Å². The van der Waals surface area contributed by atoms with Crippen molar-refractivity contribution in [1.29, 1.82) is 0 Å². The van der Waals surface area contributed by atoms with Gasteiger partial charge in [-0.15, -0.1) is 0 Å². The van der Waals surface area contributed by atoms with Crippen molar-refractivity contribution in [3.63, 3.8) is 0 Å². The maximum Gasteiger partial charge on any atom is 0.173 e. The number of carbonyl (C=O) groups excluding carboxylic acids is 2. The van der Waals surface area contributed by atoms with Crippen molar-refractivity contribution in [3.8, 4) is 0 Å². The smallest absolute Gasteiger partial charge is 0.173 e. The van der Waals surface area contributed by atoms with Crippen LogP contribution in [0, 0.1) is 5.92 Å². The van der Waals surface area contributed by atoms with E-state index >= 15 is 0 Å². The Morgan fingerprint density at radius 1 is 1.19 bits per heavy atom. The first kappa shape index (κ1) is 11.3. The summed E-state index contributed by atoms with van der Waals surface area (Å²) >= 11 is 5.75. The van der Waals surface area contributed by atoms with E-state index in [-0.39, 0.29) is 11.6 Å². The van der Waals surface area contributed by atoms with Crippen molar-refractivity contribution in [2.45, 2.75) is 25.7 Å². The van der Waals surface area contributed by atoms with Crippen molar-refractivity contribution >= 4 is 23.2 Å². The van der Waals surface area contributed by atoms with E-state index < -0.39 is 5.92 Å². The molecule has 0 heterocycles. The molecule has 0 aliphatic heterocycles. The molecule has 0 radical (unpaired) electrons. The highest BCUT2D eigenvalue weighted by atomic mass is 35.5. The largest absolute Gasteiger partial charge is 0.299 e. The third kappa shape index (κ3) is 2.33. The van der Waals surface area contributed by atoms with Gasteiger partial charge in [0.15, 0.2) is 5.78 Å². The molecule has 0 aromatic heterocycles. The summed E-state index contributed by atoms with van der Waals surface area (Å²) in [4.78, 5) is 23.7. The van der Waals surface area contributed by atoms with Crippen LogP contribution in [0.2, 0.25) is 5.02 Å². The number of hydrogen-bond acceptors (Lipinski definition) is 2. The van der Waals surface area contributed by atoms with Crippen LogP contribution in [0.5, 0.6) is 0 Å². The van der Waals surface area contributed by atoms with E-state index in [9.17, 15) is 9.59 Å². The first-order valence-electron chi connectivity index (χ1n) is 5.51.